The predicted octanol–water partition coefficient (Wildman–Crippen LogP) is 3.69. The number of amides is 1. The number of rotatable bonds is 7. The lowest BCUT2D eigenvalue weighted by molar-refractivity contribution is -0.118. The van der Waals surface area contributed by atoms with Crippen LogP contribution in [0.4, 0.5) is 10.1 Å². The summed E-state index contributed by atoms with van der Waals surface area (Å²) >= 11 is 0. The lowest BCUT2D eigenvalue weighted by Gasteiger charge is -2.34. The number of carbonyl (C=O) groups excluding carboxylic acids is 1. The normalized spacial score (nSPS) is 19.0. The molecule has 4 nitrogen and oxygen atoms in total. The summed E-state index contributed by atoms with van der Waals surface area (Å²) in [7, 11) is 0. The Balaban J connectivity index is 1.50. The van der Waals surface area contributed by atoms with Crippen LogP contribution in [0.1, 0.15) is 50.2 Å². The van der Waals surface area contributed by atoms with Gasteiger partial charge in [0, 0.05) is 38.3 Å². The molecule has 0 aliphatic carbocycles. The predicted molar refractivity (Wildman–Crippen MR) is 102 cm³/mol. The molecule has 1 saturated heterocycles. The number of ether oxygens (including phenoxy) is 1. The van der Waals surface area contributed by atoms with Gasteiger partial charge in [0.2, 0.25) is 5.91 Å². The number of fused-ring (bicyclic) bond motifs is 1. The van der Waals surface area contributed by atoms with Crippen molar-refractivity contribution in [3.63, 3.8) is 0 Å². The molecule has 0 atom stereocenters. The van der Waals surface area contributed by atoms with E-state index in [1.54, 1.807) is 6.07 Å². The summed E-state index contributed by atoms with van der Waals surface area (Å²) in [5.74, 6) is -0.0126. The molecule has 0 saturated carbocycles. The fraction of sp³-hybridized carbons (Fsp3) is 0.667. The Labute approximate surface area is 156 Å². The SMILES string of the molecule is CCCOC1CCN(CCCN2C(=O)CCc3c2ccc(F)c3C)CC1. The molecule has 0 aromatic heterocycles. The number of anilines is 1. The molecule has 5 heteroatoms. The molecule has 2 aliphatic rings. The van der Waals surface area contributed by atoms with Crippen LogP contribution < -0.4 is 4.90 Å². The van der Waals surface area contributed by atoms with Crippen molar-refractivity contribution in [2.75, 3.05) is 37.7 Å². The van der Waals surface area contributed by atoms with Crippen molar-refractivity contribution in [3.8, 4) is 0 Å². The van der Waals surface area contributed by atoms with Gasteiger partial charge >= 0.3 is 0 Å². The van der Waals surface area contributed by atoms with Crippen LogP contribution in [0.15, 0.2) is 12.1 Å². The quantitative estimate of drug-likeness (QED) is 0.742. The third-order valence-electron chi connectivity index (χ3n) is 5.64. The summed E-state index contributed by atoms with van der Waals surface area (Å²) in [4.78, 5) is 16.7. The fourth-order valence-corrected chi connectivity index (χ4v) is 4.07. The second-order valence-electron chi connectivity index (χ2n) is 7.48. The lowest BCUT2D eigenvalue weighted by atomic mass is 9.96. The van der Waals surface area contributed by atoms with Gasteiger partial charge in [-0.1, -0.05) is 6.92 Å². The van der Waals surface area contributed by atoms with E-state index in [2.05, 4.69) is 11.8 Å². The van der Waals surface area contributed by atoms with Crippen LogP contribution in [0.25, 0.3) is 0 Å². The molecular weight excluding hydrogens is 331 g/mol. The maximum Gasteiger partial charge on any atom is 0.227 e. The Morgan fingerprint density at radius 3 is 2.69 bits per heavy atom. The highest BCUT2D eigenvalue weighted by Crippen LogP contribution is 2.31. The molecule has 0 unspecified atom stereocenters. The first-order chi connectivity index (χ1) is 12.6. The molecule has 144 valence electrons. The summed E-state index contributed by atoms with van der Waals surface area (Å²) in [5.41, 5.74) is 2.60. The zero-order chi connectivity index (χ0) is 18.5. The zero-order valence-electron chi connectivity index (χ0n) is 16.1. The van der Waals surface area contributed by atoms with E-state index >= 15 is 0 Å². The Morgan fingerprint density at radius 2 is 1.96 bits per heavy atom. The molecule has 26 heavy (non-hydrogen) atoms. The van der Waals surface area contributed by atoms with Crippen molar-refractivity contribution in [1.82, 2.24) is 4.90 Å². The van der Waals surface area contributed by atoms with Crippen LogP contribution in [-0.4, -0.2) is 49.7 Å². The standard InChI is InChI=1S/C21H31FN2O2/c1-3-15-26-17-9-13-23(14-10-17)11-4-12-24-20-7-6-19(22)16(2)18(20)5-8-21(24)25/h6-7,17H,3-5,8-15H2,1-2H3. The van der Waals surface area contributed by atoms with Gasteiger partial charge in [-0.2, -0.15) is 0 Å². The number of nitrogens with zero attached hydrogens (tertiary/aromatic N) is 2. The third kappa shape index (κ3) is 4.44. The summed E-state index contributed by atoms with van der Waals surface area (Å²) < 4.78 is 19.7. The van der Waals surface area contributed by atoms with E-state index in [0.717, 1.165) is 63.2 Å². The van der Waals surface area contributed by atoms with Crippen molar-refractivity contribution in [2.45, 2.75) is 58.5 Å². The number of piperidine rings is 1. The Kier molecular flexibility index (Phi) is 6.65. The van der Waals surface area contributed by atoms with E-state index in [-0.39, 0.29) is 11.7 Å². The molecule has 1 aromatic carbocycles. The van der Waals surface area contributed by atoms with Crippen LogP contribution in [0.5, 0.6) is 0 Å². The van der Waals surface area contributed by atoms with Crippen LogP contribution in [0.3, 0.4) is 0 Å². The van der Waals surface area contributed by atoms with Crippen molar-refractivity contribution < 1.29 is 13.9 Å². The topological polar surface area (TPSA) is 32.8 Å². The molecule has 1 amide bonds. The van der Waals surface area contributed by atoms with Gasteiger partial charge in [0.15, 0.2) is 0 Å². The van der Waals surface area contributed by atoms with Gasteiger partial charge in [-0.05, 0) is 68.8 Å². The second kappa shape index (κ2) is 8.96. The highest BCUT2D eigenvalue weighted by atomic mass is 19.1. The average molecular weight is 362 g/mol. The van der Waals surface area contributed by atoms with Crippen LogP contribution in [-0.2, 0) is 16.0 Å². The molecular formula is C21H31FN2O2. The van der Waals surface area contributed by atoms with Gasteiger partial charge in [0.25, 0.3) is 0 Å². The number of hydrogen-bond donors (Lipinski definition) is 0. The minimum absolute atomic E-state index is 0.162. The number of carbonyl (C=O) groups is 1. The minimum atomic E-state index is -0.175. The van der Waals surface area contributed by atoms with Gasteiger partial charge in [-0.15, -0.1) is 0 Å². The molecule has 0 spiro atoms. The van der Waals surface area contributed by atoms with E-state index in [1.165, 1.54) is 6.07 Å². The molecule has 2 heterocycles. The Hall–Kier alpha value is -1.46. The number of benzene rings is 1. The van der Waals surface area contributed by atoms with Gasteiger partial charge < -0.3 is 14.5 Å². The smallest absolute Gasteiger partial charge is 0.227 e. The molecule has 0 bridgehead atoms. The Morgan fingerprint density at radius 1 is 1.19 bits per heavy atom. The first kappa shape index (κ1) is 19.3. The molecule has 2 aliphatic heterocycles. The maximum atomic E-state index is 13.8. The van der Waals surface area contributed by atoms with Crippen molar-refractivity contribution in [2.24, 2.45) is 0 Å². The molecule has 1 fully saturated rings. The van der Waals surface area contributed by atoms with E-state index in [1.807, 2.05) is 11.8 Å². The fourth-order valence-electron chi connectivity index (χ4n) is 4.07. The van der Waals surface area contributed by atoms with Gasteiger partial charge in [0.05, 0.1) is 6.10 Å². The summed E-state index contributed by atoms with van der Waals surface area (Å²) in [5, 5.41) is 0. The van der Waals surface area contributed by atoms with Gasteiger partial charge in [0.1, 0.15) is 5.82 Å². The van der Waals surface area contributed by atoms with Crippen molar-refractivity contribution in [3.05, 3.63) is 29.1 Å². The van der Waals surface area contributed by atoms with E-state index in [4.69, 9.17) is 4.74 Å². The van der Waals surface area contributed by atoms with E-state index < -0.39 is 0 Å². The highest BCUT2D eigenvalue weighted by Gasteiger charge is 2.26. The number of hydrogen-bond acceptors (Lipinski definition) is 3. The van der Waals surface area contributed by atoms with E-state index in [0.29, 0.717) is 31.1 Å². The summed E-state index contributed by atoms with van der Waals surface area (Å²) in [6.07, 6.45) is 5.78. The van der Waals surface area contributed by atoms with Gasteiger partial charge in [-0.25, -0.2) is 4.39 Å². The molecule has 0 radical (unpaired) electrons. The zero-order valence-corrected chi connectivity index (χ0v) is 16.1. The molecule has 0 N–H and O–H groups in total. The monoisotopic (exact) mass is 362 g/mol. The van der Waals surface area contributed by atoms with Crippen LogP contribution in [0.2, 0.25) is 0 Å². The highest BCUT2D eigenvalue weighted by molar-refractivity contribution is 5.96. The third-order valence-corrected chi connectivity index (χ3v) is 5.64. The maximum absolute atomic E-state index is 13.8. The van der Waals surface area contributed by atoms with Crippen LogP contribution >= 0.6 is 0 Å². The second-order valence-corrected chi connectivity index (χ2v) is 7.48. The largest absolute Gasteiger partial charge is 0.378 e. The first-order valence-electron chi connectivity index (χ1n) is 10.0. The number of halogens is 1. The Bertz CT molecular complexity index is 627. The van der Waals surface area contributed by atoms with Gasteiger partial charge in [-0.3, -0.25) is 4.79 Å². The lowest BCUT2D eigenvalue weighted by Crippen LogP contribution is -2.40. The molecule has 1 aromatic rings. The van der Waals surface area contributed by atoms with Crippen LogP contribution in [0, 0.1) is 12.7 Å². The summed E-state index contributed by atoms with van der Waals surface area (Å²) in [6.45, 7) is 8.68. The number of likely N-dealkylation sites (tertiary alicyclic amines) is 1. The first-order valence-corrected chi connectivity index (χ1v) is 10.0. The minimum Gasteiger partial charge on any atom is -0.378 e. The summed E-state index contributed by atoms with van der Waals surface area (Å²) in [6, 6.07) is 3.26. The van der Waals surface area contributed by atoms with Crippen molar-refractivity contribution >= 4 is 11.6 Å². The van der Waals surface area contributed by atoms with Crippen molar-refractivity contribution in [1.29, 1.82) is 0 Å². The van der Waals surface area contributed by atoms with E-state index in [9.17, 15) is 9.18 Å². The average Bonchev–Trinajstić information content (AvgIpc) is 2.65. The molecule has 3 rings (SSSR count).